The third-order valence-corrected chi connectivity index (χ3v) is 4.56. The number of hydrogen-bond acceptors (Lipinski definition) is 2. The van der Waals surface area contributed by atoms with Crippen LogP contribution in [0.25, 0.3) is 10.9 Å². The highest BCUT2D eigenvalue weighted by molar-refractivity contribution is 6.30. The molecular weight excluding hydrogens is 327 g/mol. The van der Waals surface area contributed by atoms with Crippen LogP contribution in [-0.4, -0.2) is 10.9 Å². The van der Waals surface area contributed by atoms with Crippen LogP contribution in [0, 0.1) is 5.82 Å². The van der Waals surface area contributed by atoms with E-state index in [-0.39, 0.29) is 11.6 Å². The van der Waals surface area contributed by atoms with Crippen molar-refractivity contribution >= 4 is 34.1 Å². The maximum absolute atomic E-state index is 14.0. The molecule has 0 saturated heterocycles. The summed E-state index contributed by atoms with van der Waals surface area (Å²) in [5, 5.41) is 3.76. The number of nitrogens with one attached hydrogen (secondary N) is 1. The number of nitrogens with zero attached hydrogens (tertiary/aromatic N) is 1. The van der Waals surface area contributed by atoms with Crippen molar-refractivity contribution in [3.63, 3.8) is 0 Å². The fraction of sp³-hybridized carbons (Fsp3) is 0.158. The molecule has 0 unspecified atom stereocenters. The molecule has 0 atom stereocenters. The maximum atomic E-state index is 14.0. The molecular formula is C19H14ClFN2O. The number of hydrogen-bond donors (Lipinski definition) is 1. The summed E-state index contributed by atoms with van der Waals surface area (Å²) in [4.78, 5) is 17.5. The van der Waals surface area contributed by atoms with E-state index in [1.807, 2.05) is 24.3 Å². The van der Waals surface area contributed by atoms with Gasteiger partial charge in [-0.2, -0.15) is 0 Å². The molecule has 24 heavy (non-hydrogen) atoms. The fourth-order valence-electron chi connectivity index (χ4n) is 3.25. The number of aryl methyl sites for hydroxylation is 1. The molecule has 1 N–H and O–H groups in total. The molecule has 1 aliphatic carbocycles. The molecule has 2 aromatic carbocycles. The van der Waals surface area contributed by atoms with Crippen molar-refractivity contribution in [3.05, 3.63) is 70.1 Å². The molecule has 1 aliphatic rings. The van der Waals surface area contributed by atoms with Gasteiger partial charge in [-0.05, 0) is 49.1 Å². The van der Waals surface area contributed by atoms with Gasteiger partial charge in [-0.15, -0.1) is 0 Å². The van der Waals surface area contributed by atoms with Crippen molar-refractivity contribution in [1.82, 2.24) is 4.98 Å². The maximum Gasteiger partial charge on any atom is 0.256 e. The van der Waals surface area contributed by atoms with E-state index in [2.05, 4.69) is 10.3 Å². The zero-order chi connectivity index (χ0) is 16.7. The first-order valence-electron chi connectivity index (χ1n) is 7.80. The molecule has 4 rings (SSSR count). The number of carbonyl (C=O) groups excluding carboxylic acids is 1. The summed E-state index contributed by atoms with van der Waals surface area (Å²) >= 11 is 5.76. The molecule has 1 amide bonds. The van der Waals surface area contributed by atoms with E-state index in [4.69, 9.17) is 11.6 Å². The zero-order valence-corrected chi connectivity index (χ0v) is 13.5. The van der Waals surface area contributed by atoms with Gasteiger partial charge >= 0.3 is 0 Å². The van der Waals surface area contributed by atoms with Gasteiger partial charge in [0.25, 0.3) is 5.91 Å². The van der Waals surface area contributed by atoms with Crippen LogP contribution >= 0.6 is 11.6 Å². The number of rotatable bonds is 2. The lowest BCUT2D eigenvalue weighted by molar-refractivity contribution is 0.102. The third kappa shape index (κ3) is 2.53. The normalized spacial score (nSPS) is 13.1. The molecule has 3 nitrogen and oxygen atoms in total. The van der Waals surface area contributed by atoms with E-state index in [1.54, 1.807) is 6.07 Å². The van der Waals surface area contributed by atoms with Gasteiger partial charge in [0.2, 0.25) is 0 Å². The number of benzene rings is 2. The van der Waals surface area contributed by atoms with Crippen molar-refractivity contribution in [2.45, 2.75) is 19.3 Å². The molecule has 0 saturated carbocycles. The first-order chi connectivity index (χ1) is 11.6. The van der Waals surface area contributed by atoms with E-state index < -0.39 is 5.82 Å². The Morgan fingerprint density at radius 3 is 2.83 bits per heavy atom. The predicted octanol–water partition coefficient (Wildman–Crippen LogP) is 4.77. The largest absolute Gasteiger partial charge is 0.319 e. The Bertz CT molecular complexity index is 971. The highest BCUT2D eigenvalue weighted by Gasteiger charge is 2.24. The Morgan fingerprint density at radius 2 is 2.00 bits per heavy atom. The quantitative estimate of drug-likeness (QED) is 0.730. The first-order valence-corrected chi connectivity index (χ1v) is 8.18. The second-order valence-corrected chi connectivity index (χ2v) is 6.30. The number of halogens is 2. The lowest BCUT2D eigenvalue weighted by Gasteiger charge is -2.13. The molecule has 0 radical (unpaired) electrons. The lowest BCUT2D eigenvalue weighted by Crippen LogP contribution is -2.16. The molecule has 0 fully saturated rings. The molecule has 5 heteroatoms. The number of carbonyl (C=O) groups is 1. The Balaban J connectivity index is 1.82. The summed E-state index contributed by atoms with van der Waals surface area (Å²) in [6.07, 6.45) is 2.67. The van der Waals surface area contributed by atoms with Gasteiger partial charge in [0.1, 0.15) is 5.82 Å². The van der Waals surface area contributed by atoms with E-state index >= 15 is 0 Å². The summed E-state index contributed by atoms with van der Waals surface area (Å²) in [6, 6.07) is 11.8. The van der Waals surface area contributed by atoms with Crippen LogP contribution < -0.4 is 5.32 Å². The van der Waals surface area contributed by atoms with Crippen molar-refractivity contribution in [3.8, 4) is 0 Å². The topological polar surface area (TPSA) is 42.0 Å². The smallest absolute Gasteiger partial charge is 0.256 e. The van der Waals surface area contributed by atoms with Crippen LogP contribution in [0.15, 0.2) is 42.5 Å². The Kier molecular flexibility index (Phi) is 3.69. The van der Waals surface area contributed by atoms with Gasteiger partial charge in [-0.3, -0.25) is 9.78 Å². The Morgan fingerprint density at radius 1 is 1.17 bits per heavy atom. The summed E-state index contributed by atoms with van der Waals surface area (Å²) in [7, 11) is 0. The molecule has 0 aliphatic heterocycles. The number of aromatic nitrogens is 1. The predicted molar refractivity (Wildman–Crippen MR) is 93.1 cm³/mol. The van der Waals surface area contributed by atoms with Crippen LogP contribution in [-0.2, 0) is 12.8 Å². The molecule has 0 bridgehead atoms. The summed E-state index contributed by atoms with van der Waals surface area (Å²) in [5.41, 5.74) is 3.45. The second-order valence-electron chi connectivity index (χ2n) is 5.86. The Labute approximate surface area is 143 Å². The number of amides is 1. The van der Waals surface area contributed by atoms with Gasteiger partial charge < -0.3 is 5.32 Å². The number of pyridine rings is 1. The van der Waals surface area contributed by atoms with Crippen LogP contribution in [0.4, 0.5) is 10.1 Å². The summed E-state index contributed by atoms with van der Waals surface area (Å²) in [5.74, 6) is -0.862. The van der Waals surface area contributed by atoms with Crippen LogP contribution in [0.5, 0.6) is 0 Å². The summed E-state index contributed by atoms with van der Waals surface area (Å²) in [6.45, 7) is 0. The van der Waals surface area contributed by atoms with Crippen molar-refractivity contribution in [1.29, 1.82) is 0 Å². The second kappa shape index (κ2) is 5.87. The van der Waals surface area contributed by atoms with E-state index in [1.165, 1.54) is 12.1 Å². The monoisotopic (exact) mass is 340 g/mol. The van der Waals surface area contributed by atoms with Gasteiger partial charge in [0.15, 0.2) is 0 Å². The van der Waals surface area contributed by atoms with Gasteiger partial charge in [0, 0.05) is 16.1 Å². The number of anilines is 1. The van der Waals surface area contributed by atoms with Crippen LogP contribution in [0.1, 0.15) is 28.0 Å². The highest BCUT2D eigenvalue weighted by atomic mass is 35.5. The average Bonchev–Trinajstić information content (AvgIpc) is 3.02. The molecule has 1 aromatic heterocycles. The minimum atomic E-state index is -0.550. The highest BCUT2D eigenvalue weighted by Crippen LogP contribution is 2.31. The first kappa shape index (κ1) is 15.1. The molecule has 0 spiro atoms. The van der Waals surface area contributed by atoms with Crippen molar-refractivity contribution < 1.29 is 9.18 Å². The molecule has 3 aromatic rings. The van der Waals surface area contributed by atoms with Crippen molar-refractivity contribution in [2.75, 3.05) is 5.32 Å². The van der Waals surface area contributed by atoms with Gasteiger partial charge in [-0.25, -0.2) is 4.39 Å². The zero-order valence-electron chi connectivity index (χ0n) is 12.8. The minimum Gasteiger partial charge on any atom is -0.319 e. The van der Waals surface area contributed by atoms with Gasteiger partial charge in [-0.1, -0.05) is 29.8 Å². The standard InChI is InChI=1S/C19H14ClFN2O/c20-11-8-9-17(14(21)10-11)23-19(24)18-12-4-1-2-6-15(12)22-16-7-3-5-13(16)18/h1-2,4,6,8-10H,3,5,7H2,(H,23,24). The summed E-state index contributed by atoms with van der Waals surface area (Å²) < 4.78 is 14.0. The average molecular weight is 341 g/mol. The fourth-order valence-corrected chi connectivity index (χ4v) is 3.40. The third-order valence-electron chi connectivity index (χ3n) is 4.33. The molecule has 120 valence electrons. The Hall–Kier alpha value is -2.46. The van der Waals surface area contributed by atoms with Crippen LogP contribution in [0.2, 0.25) is 5.02 Å². The van der Waals surface area contributed by atoms with Crippen molar-refractivity contribution in [2.24, 2.45) is 0 Å². The minimum absolute atomic E-state index is 0.122. The molecule has 1 heterocycles. The van der Waals surface area contributed by atoms with E-state index in [0.29, 0.717) is 10.6 Å². The van der Waals surface area contributed by atoms with E-state index in [9.17, 15) is 9.18 Å². The lowest BCUT2D eigenvalue weighted by atomic mass is 10.0. The SMILES string of the molecule is O=C(Nc1ccc(Cl)cc1F)c1c2c(nc3ccccc13)CCC2. The van der Waals surface area contributed by atoms with Crippen LogP contribution in [0.3, 0.4) is 0 Å². The van der Waals surface area contributed by atoms with E-state index in [0.717, 1.165) is 41.4 Å². The van der Waals surface area contributed by atoms with Gasteiger partial charge in [0.05, 0.1) is 16.8 Å². The number of fused-ring (bicyclic) bond motifs is 2. The number of para-hydroxylation sites is 1.